The summed E-state index contributed by atoms with van der Waals surface area (Å²) in [5.41, 5.74) is 0.842. The van der Waals surface area contributed by atoms with Crippen molar-refractivity contribution in [2.45, 2.75) is 32.4 Å². The van der Waals surface area contributed by atoms with E-state index in [2.05, 4.69) is 15.5 Å². The van der Waals surface area contributed by atoms with E-state index >= 15 is 0 Å². The van der Waals surface area contributed by atoms with Crippen molar-refractivity contribution in [1.82, 2.24) is 15.5 Å². The topological polar surface area (TPSA) is 88.3 Å². The van der Waals surface area contributed by atoms with Crippen LogP contribution in [0, 0.1) is 0 Å². The van der Waals surface area contributed by atoms with Crippen LogP contribution in [0.25, 0.3) is 11.5 Å². The summed E-state index contributed by atoms with van der Waals surface area (Å²) in [5.74, 6) is 0.0228. The van der Waals surface area contributed by atoms with Crippen LogP contribution >= 0.6 is 0 Å². The molecule has 0 saturated carbocycles. The molecule has 2 rings (SSSR count). The van der Waals surface area contributed by atoms with Crippen molar-refractivity contribution in [3.05, 3.63) is 36.2 Å². The van der Waals surface area contributed by atoms with Crippen LogP contribution in [0.3, 0.4) is 0 Å². The van der Waals surface area contributed by atoms with E-state index in [9.17, 15) is 4.79 Å². The summed E-state index contributed by atoms with van der Waals surface area (Å²) in [7, 11) is 0. The first-order chi connectivity index (χ1) is 9.70. The Kier molecular flexibility index (Phi) is 4.84. The molecule has 0 amide bonds. The Hall–Kier alpha value is -2.21. The van der Waals surface area contributed by atoms with Crippen molar-refractivity contribution < 1.29 is 14.4 Å². The van der Waals surface area contributed by atoms with E-state index in [1.54, 1.807) is 0 Å². The van der Waals surface area contributed by atoms with Gasteiger partial charge >= 0.3 is 5.97 Å². The Morgan fingerprint density at radius 1 is 1.40 bits per heavy atom. The third kappa shape index (κ3) is 3.64. The second-order valence-electron chi connectivity index (χ2n) is 4.44. The first-order valence-electron chi connectivity index (χ1n) is 6.55. The standard InChI is InChI=1S/C14H17N3O3/c1-2-6-11(14(18)19)15-9-12-16-13(20-17-12)10-7-4-3-5-8-10/h3-5,7-8,11,15H,2,6,9H2,1H3,(H,18,19). The number of hydrogen-bond acceptors (Lipinski definition) is 5. The van der Waals surface area contributed by atoms with Gasteiger partial charge in [0.2, 0.25) is 0 Å². The van der Waals surface area contributed by atoms with E-state index < -0.39 is 12.0 Å². The second-order valence-corrected chi connectivity index (χ2v) is 4.44. The summed E-state index contributed by atoms with van der Waals surface area (Å²) in [6.07, 6.45) is 1.37. The van der Waals surface area contributed by atoms with Crippen LogP contribution in [0.1, 0.15) is 25.6 Å². The highest BCUT2D eigenvalue weighted by Gasteiger charge is 2.17. The fraction of sp³-hybridized carbons (Fsp3) is 0.357. The molecule has 6 heteroatoms. The molecule has 20 heavy (non-hydrogen) atoms. The Balaban J connectivity index is 1.98. The first kappa shape index (κ1) is 14.2. The highest BCUT2D eigenvalue weighted by molar-refractivity contribution is 5.73. The van der Waals surface area contributed by atoms with E-state index in [1.165, 1.54) is 0 Å². The largest absolute Gasteiger partial charge is 0.480 e. The van der Waals surface area contributed by atoms with E-state index in [0.29, 0.717) is 18.1 Å². The molecule has 0 aliphatic rings. The zero-order valence-corrected chi connectivity index (χ0v) is 11.2. The van der Waals surface area contributed by atoms with Crippen molar-refractivity contribution >= 4 is 5.97 Å². The highest BCUT2D eigenvalue weighted by Crippen LogP contribution is 2.15. The number of benzene rings is 1. The molecule has 106 valence electrons. The lowest BCUT2D eigenvalue weighted by atomic mass is 10.2. The smallest absolute Gasteiger partial charge is 0.320 e. The maximum Gasteiger partial charge on any atom is 0.320 e. The fourth-order valence-corrected chi connectivity index (χ4v) is 1.84. The third-order valence-corrected chi connectivity index (χ3v) is 2.87. The number of nitrogens with one attached hydrogen (secondary N) is 1. The molecular formula is C14H17N3O3. The molecule has 0 bridgehead atoms. The molecule has 1 aromatic heterocycles. The molecule has 6 nitrogen and oxygen atoms in total. The van der Waals surface area contributed by atoms with Crippen molar-refractivity contribution in [2.24, 2.45) is 0 Å². The Labute approximate surface area is 116 Å². The number of aromatic nitrogens is 2. The fourth-order valence-electron chi connectivity index (χ4n) is 1.84. The molecule has 2 N–H and O–H groups in total. The van der Waals surface area contributed by atoms with Gasteiger partial charge < -0.3 is 9.63 Å². The molecule has 1 unspecified atom stereocenters. The van der Waals surface area contributed by atoms with E-state index in [1.807, 2.05) is 37.3 Å². The van der Waals surface area contributed by atoms with Gasteiger partial charge in [0, 0.05) is 5.56 Å². The summed E-state index contributed by atoms with van der Waals surface area (Å²) in [5, 5.41) is 15.8. The van der Waals surface area contributed by atoms with Crippen LogP contribution in [-0.4, -0.2) is 27.3 Å². The lowest BCUT2D eigenvalue weighted by molar-refractivity contribution is -0.139. The van der Waals surface area contributed by atoms with Gasteiger partial charge in [0.1, 0.15) is 6.04 Å². The van der Waals surface area contributed by atoms with Crippen molar-refractivity contribution in [3.8, 4) is 11.5 Å². The summed E-state index contributed by atoms with van der Waals surface area (Å²) in [4.78, 5) is 15.2. The van der Waals surface area contributed by atoms with Crippen molar-refractivity contribution in [2.75, 3.05) is 0 Å². The highest BCUT2D eigenvalue weighted by atomic mass is 16.5. The van der Waals surface area contributed by atoms with Crippen molar-refractivity contribution in [3.63, 3.8) is 0 Å². The van der Waals surface area contributed by atoms with E-state index in [0.717, 1.165) is 12.0 Å². The number of carboxylic acid groups (broad SMARTS) is 1. The minimum absolute atomic E-state index is 0.271. The number of hydrogen-bond donors (Lipinski definition) is 2. The number of aliphatic carboxylic acids is 1. The minimum atomic E-state index is -0.862. The van der Waals surface area contributed by atoms with Crippen LogP contribution in [-0.2, 0) is 11.3 Å². The number of nitrogens with zero attached hydrogens (tertiary/aromatic N) is 2. The second kappa shape index (κ2) is 6.81. The molecule has 0 fully saturated rings. The lowest BCUT2D eigenvalue weighted by Crippen LogP contribution is -2.36. The quantitative estimate of drug-likeness (QED) is 0.804. The molecule has 0 aliphatic carbocycles. The molecule has 0 spiro atoms. The van der Waals surface area contributed by atoms with Gasteiger partial charge in [-0.05, 0) is 18.6 Å². The Morgan fingerprint density at radius 2 is 2.15 bits per heavy atom. The zero-order valence-electron chi connectivity index (χ0n) is 11.2. The van der Waals surface area contributed by atoms with Gasteiger partial charge in [0.05, 0.1) is 6.54 Å². The van der Waals surface area contributed by atoms with Crippen LogP contribution in [0.2, 0.25) is 0 Å². The summed E-state index contributed by atoms with van der Waals surface area (Å²) >= 11 is 0. The summed E-state index contributed by atoms with van der Waals surface area (Å²) in [6.45, 7) is 2.22. The van der Waals surface area contributed by atoms with Crippen molar-refractivity contribution in [1.29, 1.82) is 0 Å². The average Bonchev–Trinajstić information content (AvgIpc) is 2.93. The molecule has 1 heterocycles. The van der Waals surface area contributed by atoms with E-state index in [-0.39, 0.29) is 6.54 Å². The average molecular weight is 275 g/mol. The molecule has 0 aliphatic heterocycles. The number of rotatable bonds is 7. The van der Waals surface area contributed by atoms with Crippen LogP contribution in [0.5, 0.6) is 0 Å². The van der Waals surface area contributed by atoms with Gasteiger partial charge in [-0.25, -0.2) is 0 Å². The Bertz CT molecular complexity index is 554. The third-order valence-electron chi connectivity index (χ3n) is 2.87. The van der Waals surface area contributed by atoms with Crippen LogP contribution in [0.15, 0.2) is 34.9 Å². The minimum Gasteiger partial charge on any atom is -0.480 e. The maximum absolute atomic E-state index is 11.0. The number of carboxylic acids is 1. The SMILES string of the molecule is CCCC(NCc1noc(-c2ccccc2)n1)C(=O)O. The predicted molar refractivity (Wildman–Crippen MR) is 72.9 cm³/mol. The Morgan fingerprint density at radius 3 is 2.80 bits per heavy atom. The van der Waals surface area contributed by atoms with Crippen LogP contribution < -0.4 is 5.32 Å². The predicted octanol–water partition coefficient (Wildman–Crippen LogP) is 2.08. The molecular weight excluding hydrogens is 258 g/mol. The first-order valence-corrected chi connectivity index (χ1v) is 6.55. The van der Waals surface area contributed by atoms with Gasteiger partial charge in [-0.15, -0.1) is 0 Å². The normalized spacial score (nSPS) is 12.2. The number of carbonyl (C=O) groups is 1. The zero-order chi connectivity index (χ0) is 14.4. The van der Waals surface area contributed by atoms with Gasteiger partial charge in [-0.3, -0.25) is 10.1 Å². The monoisotopic (exact) mass is 275 g/mol. The lowest BCUT2D eigenvalue weighted by Gasteiger charge is -2.11. The van der Waals surface area contributed by atoms with Gasteiger partial charge in [-0.1, -0.05) is 36.7 Å². The molecule has 1 aromatic carbocycles. The summed E-state index contributed by atoms with van der Waals surface area (Å²) < 4.78 is 5.15. The van der Waals surface area contributed by atoms with Gasteiger partial charge in [0.25, 0.3) is 5.89 Å². The molecule has 2 aromatic rings. The van der Waals surface area contributed by atoms with E-state index in [4.69, 9.17) is 9.63 Å². The molecule has 0 radical (unpaired) electrons. The molecule has 0 saturated heterocycles. The van der Waals surface area contributed by atoms with Gasteiger partial charge in [0.15, 0.2) is 5.82 Å². The van der Waals surface area contributed by atoms with Crippen LogP contribution in [0.4, 0.5) is 0 Å². The molecule has 1 atom stereocenters. The maximum atomic E-state index is 11.0. The summed E-state index contributed by atoms with van der Waals surface area (Å²) in [6, 6.07) is 8.85. The van der Waals surface area contributed by atoms with Gasteiger partial charge in [-0.2, -0.15) is 4.98 Å².